The summed E-state index contributed by atoms with van der Waals surface area (Å²) in [4.78, 5) is 15.2. The molecule has 4 rings (SSSR count). The summed E-state index contributed by atoms with van der Waals surface area (Å²) in [5.74, 6) is 1.12. The van der Waals surface area contributed by atoms with Crippen LogP contribution in [0.1, 0.15) is 36.0 Å². The second-order valence-corrected chi connectivity index (χ2v) is 9.60. The molecule has 26 heavy (non-hydrogen) atoms. The Morgan fingerprint density at radius 1 is 1.31 bits per heavy atom. The molecule has 3 heterocycles. The molecule has 0 aliphatic carbocycles. The lowest BCUT2D eigenvalue weighted by Crippen LogP contribution is -2.54. The van der Waals surface area contributed by atoms with E-state index in [0.717, 1.165) is 31.4 Å². The van der Waals surface area contributed by atoms with Crippen molar-refractivity contribution >= 4 is 15.6 Å². The van der Waals surface area contributed by atoms with Gasteiger partial charge in [-0.15, -0.1) is 5.10 Å². The van der Waals surface area contributed by atoms with Gasteiger partial charge in [0.2, 0.25) is 0 Å². The fourth-order valence-corrected chi connectivity index (χ4v) is 6.56. The summed E-state index contributed by atoms with van der Waals surface area (Å²) in [7, 11) is -0.575. The van der Waals surface area contributed by atoms with Crippen molar-refractivity contribution in [2.75, 3.05) is 25.1 Å². The quantitative estimate of drug-likeness (QED) is 0.795. The van der Waals surface area contributed by atoms with Gasteiger partial charge in [-0.25, -0.2) is 13.3 Å². The highest BCUT2D eigenvalue weighted by Crippen LogP contribution is 2.39. The fraction of sp³-hybridized carbons (Fsp3) is 0.529. The van der Waals surface area contributed by atoms with Gasteiger partial charge >= 0.3 is 0 Å². The molecule has 8 nitrogen and oxygen atoms in total. The van der Waals surface area contributed by atoms with Gasteiger partial charge in [0.1, 0.15) is 6.33 Å². The maximum atomic E-state index is 13.3. The minimum absolute atomic E-state index is 0.0165. The van der Waals surface area contributed by atoms with E-state index in [9.17, 15) is 9.00 Å². The van der Waals surface area contributed by atoms with Crippen molar-refractivity contribution in [3.63, 3.8) is 0 Å². The lowest BCUT2D eigenvalue weighted by Gasteiger charge is -2.42. The first-order valence-electron chi connectivity index (χ1n) is 8.81. The average molecular weight is 374 g/mol. The van der Waals surface area contributed by atoms with Gasteiger partial charge in [-0.05, 0) is 54.3 Å². The van der Waals surface area contributed by atoms with Crippen LogP contribution < -0.4 is 0 Å². The molecule has 1 aromatic heterocycles. The number of amides is 1. The predicted octanol–water partition coefficient (Wildman–Crippen LogP) is 1.53. The van der Waals surface area contributed by atoms with Gasteiger partial charge < -0.3 is 4.90 Å². The van der Waals surface area contributed by atoms with Gasteiger partial charge in [0.05, 0.1) is 17.0 Å². The lowest BCUT2D eigenvalue weighted by molar-refractivity contribution is 0.0609. The Morgan fingerprint density at radius 3 is 2.92 bits per heavy atom. The van der Waals surface area contributed by atoms with Crippen LogP contribution in [0.5, 0.6) is 0 Å². The van der Waals surface area contributed by atoms with Crippen LogP contribution in [0.25, 0.3) is 5.69 Å². The Hall–Kier alpha value is -2.29. The normalized spacial score (nSPS) is 28.4. The number of rotatable bonds is 2. The molecule has 2 aliphatic heterocycles. The number of likely N-dealkylation sites (tertiary alicyclic amines) is 1. The number of tetrazole rings is 1. The molecule has 9 heteroatoms. The van der Waals surface area contributed by atoms with Crippen molar-refractivity contribution in [3.05, 3.63) is 36.2 Å². The van der Waals surface area contributed by atoms with Crippen molar-refractivity contribution in [1.29, 1.82) is 0 Å². The largest absolute Gasteiger partial charge is 0.332 e. The molecule has 1 spiro atoms. The summed E-state index contributed by atoms with van der Waals surface area (Å²) in [6.07, 6.45) is 5.10. The molecular weight excluding hydrogens is 352 g/mol. The number of hydrogen-bond acceptors (Lipinski definition) is 6. The Kier molecular flexibility index (Phi) is 4.26. The second kappa shape index (κ2) is 6.46. The van der Waals surface area contributed by atoms with Crippen LogP contribution in [0.2, 0.25) is 0 Å². The van der Waals surface area contributed by atoms with Gasteiger partial charge in [-0.2, -0.15) is 0 Å². The molecule has 2 unspecified atom stereocenters. The van der Waals surface area contributed by atoms with Crippen LogP contribution in [0.15, 0.2) is 35.0 Å². The molecule has 0 saturated carbocycles. The highest BCUT2D eigenvalue weighted by molar-refractivity contribution is 7.93. The molecule has 0 radical (unpaired) electrons. The molecule has 0 N–H and O–H groups in total. The van der Waals surface area contributed by atoms with E-state index >= 15 is 0 Å². The van der Waals surface area contributed by atoms with E-state index in [1.54, 1.807) is 13.1 Å². The summed E-state index contributed by atoms with van der Waals surface area (Å²) in [5.41, 5.74) is 1.02. The zero-order chi connectivity index (χ0) is 18.2. The van der Waals surface area contributed by atoms with Crippen LogP contribution in [-0.2, 0) is 9.73 Å². The van der Waals surface area contributed by atoms with Gasteiger partial charge in [0.25, 0.3) is 5.91 Å². The standard InChI is InChI=1S/C17H22N6O2S/c1-18-26(25)10-4-8-17(12-26)7-3-9-22(17)16(24)14-5-2-6-15(11-14)23-13-19-20-21-23/h2,5-6,11,13H,3-4,7-10,12H2,1H3. The third-order valence-corrected chi connectivity index (χ3v) is 8.06. The zero-order valence-corrected chi connectivity index (χ0v) is 15.6. The van der Waals surface area contributed by atoms with E-state index in [1.165, 1.54) is 11.0 Å². The smallest absolute Gasteiger partial charge is 0.254 e. The molecule has 2 saturated heterocycles. The number of carbonyl (C=O) groups excluding carboxylic acids is 1. The van der Waals surface area contributed by atoms with E-state index < -0.39 is 9.73 Å². The van der Waals surface area contributed by atoms with Crippen molar-refractivity contribution < 1.29 is 9.00 Å². The monoisotopic (exact) mass is 374 g/mol. The molecule has 0 bridgehead atoms. The van der Waals surface area contributed by atoms with Crippen LogP contribution in [0.3, 0.4) is 0 Å². The molecule has 2 atom stereocenters. The Balaban J connectivity index is 1.66. The minimum atomic E-state index is -2.21. The minimum Gasteiger partial charge on any atom is -0.332 e. The molecular formula is C17H22N6O2S. The third kappa shape index (κ3) is 2.90. The van der Waals surface area contributed by atoms with Crippen LogP contribution in [0, 0.1) is 0 Å². The summed E-state index contributed by atoms with van der Waals surface area (Å²) in [5, 5.41) is 11.2. The lowest BCUT2D eigenvalue weighted by atomic mass is 9.92. The van der Waals surface area contributed by atoms with E-state index in [-0.39, 0.29) is 11.4 Å². The maximum absolute atomic E-state index is 13.3. The first kappa shape index (κ1) is 17.1. The Bertz CT molecular complexity index is 934. The molecule has 2 fully saturated rings. The highest BCUT2D eigenvalue weighted by atomic mass is 32.2. The van der Waals surface area contributed by atoms with Crippen molar-refractivity contribution in [2.45, 2.75) is 31.2 Å². The van der Waals surface area contributed by atoms with E-state index in [4.69, 9.17) is 0 Å². The predicted molar refractivity (Wildman–Crippen MR) is 97.6 cm³/mol. The number of hydrogen-bond donors (Lipinski definition) is 0. The summed E-state index contributed by atoms with van der Waals surface area (Å²) >= 11 is 0. The topological polar surface area (TPSA) is 93.3 Å². The summed E-state index contributed by atoms with van der Waals surface area (Å²) in [6, 6.07) is 7.30. The number of carbonyl (C=O) groups is 1. The average Bonchev–Trinajstić information content (AvgIpc) is 3.32. The van der Waals surface area contributed by atoms with Crippen LogP contribution >= 0.6 is 0 Å². The van der Waals surface area contributed by atoms with Crippen molar-refractivity contribution in [3.8, 4) is 5.69 Å². The Labute approximate surface area is 152 Å². The van der Waals surface area contributed by atoms with E-state index in [1.807, 2.05) is 23.1 Å². The van der Waals surface area contributed by atoms with Crippen molar-refractivity contribution in [1.82, 2.24) is 25.1 Å². The summed E-state index contributed by atoms with van der Waals surface area (Å²) < 4.78 is 18.6. The SMILES string of the molecule is CN=S1(=O)CCCC2(CCCN2C(=O)c2cccc(-n3cnnn3)c2)C1. The molecule has 2 aliphatic rings. The molecule has 1 aromatic carbocycles. The first-order valence-corrected chi connectivity index (χ1v) is 10.7. The van der Waals surface area contributed by atoms with Gasteiger partial charge in [-0.3, -0.25) is 4.79 Å². The number of nitrogens with zero attached hydrogens (tertiary/aromatic N) is 6. The number of aromatic nitrogens is 4. The molecule has 2 aromatic rings. The maximum Gasteiger partial charge on any atom is 0.254 e. The molecule has 1 amide bonds. The third-order valence-electron chi connectivity index (χ3n) is 5.48. The van der Waals surface area contributed by atoms with E-state index in [0.29, 0.717) is 23.6 Å². The number of benzene rings is 1. The van der Waals surface area contributed by atoms with Crippen LogP contribution in [-0.4, -0.2) is 65.9 Å². The Morgan fingerprint density at radius 2 is 2.15 bits per heavy atom. The molecule has 138 valence electrons. The first-order chi connectivity index (χ1) is 12.6. The van der Waals surface area contributed by atoms with Crippen molar-refractivity contribution in [2.24, 2.45) is 4.36 Å². The fourth-order valence-electron chi connectivity index (χ4n) is 4.23. The van der Waals surface area contributed by atoms with Crippen LogP contribution in [0.4, 0.5) is 0 Å². The van der Waals surface area contributed by atoms with Gasteiger partial charge in [-0.1, -0.05) is 6.07 Å². The van der Waals surface area contributed by atoms with Gasteiger partial charge in [0.15, 0.2) is 0 Å². The second-order valence-electron chi connectivity index (χ2n) is 7.00. The highest BCUT2D eigenvalue weighted by Gasteiger charge is 2.47. The van der Waals surface area contributed by atoms with Gasteiger partial charge in [0, 0.05) is 34.6 Å². The zero-order valence-electron chi connectivity index (χ0n) is 14.7. The van der Waals surface area contributed by atoms with E-state index in [2.05, 4.69) is 19.9 Å². The summed E-state index contributed by atoms with van der Waals surface area (Å²) in [6.45, 7) is 0.702.